The predicted octanol–water partition coefficient (Wildman–Crippen LogP) is 2.62. The second kappa shape index (κ2) is 5.99. The van der Waals surface area contributed by atoms with E-state index in [0.29, 0.717) is 12.3 Å². The van der Waals surface area contributed by atoms with Crippen LogP contribution < -0.4 is 5.32 Å². The van der Waals surface area contributed by atoms with Crippen LogP contribution in [0.5, 0.6) is 0 Å². The zero-order chi connectivity index (χ0) is 12.8. The van der Waals surface area contributed by atoms with Crippen LogP contribution in [0.25, 0.3) is 0 Å². The summed E-state index contributed by atoms with van der Waals surface area (Å²) in [4.78, 5) is 0. The van der Waals surface area contributed by atoms with Gasteiger partial charge in [-0.2, -0.15) is 5.26 Å². The third kappa shape index (κ3) is 3.44. The van der Waals surface area contributed by atoms with Crippen molar-refractivity contribution in [3.63, 3.8) is 0 Å². The summed E-state index contributed by atoms with van der Waals surface area (Å²) in [5.74, 6) is 0.849. The number of furan rings is 1. The normalized spacial score (nSPS) is 10.2. The maximum absolute atomic E-state index is 12.7. The number of nitriles is 1. The highest BCUT2D eigenvalue weighted by atomic mass is 19.1. The molecular formula is C14H13FN2O. The van der Waals surface area contributed by atoms with E-state index in [-0.39, 0.29) is 5.82 Å². The van der Waals surface area contributed by atoms with Gasteiger partial charge in [0.05, 0.1) is 6.54 Å². The number of hydrogen-bond acceptors (Lipinski definition) is 3. The van der Waals surface area contributed by atoms with Crippen LogP contribution in [0.2, 0.25) is 0 Å². The summed E-state index contributed by atoms with van der Waals surface area (Å²) in [6, 6.07) is 11.8. The number of hydrogen-bond donors (Lipinski definition) is 1. The van der Waals surface area contributed by atoms with Crippen LogP contribution in [0.3, 0.4) is 0 Å². The van der Waals surface area contributed by atoms with Gasteiger partial charge in [0.15, 0.2) is 0 Å². The van der Waals surface area contributed by atoms with Gasteiger partial charge in [-0.15, -0.1) is 0 Å². The molecule has 1 N–H and O–H groups in total. The first-order chi connectivity index (χ1) is 8.78. The standard InChI is InChI=1S/C14H13FN2O/c15-12-3-1-11(2-4-12)7-8-17-10-14-6-5-13(9-16)18-14/h1-6,17H,7-8,10H2. The minimum absolute atomic E-state index is 0.216. The van der Waals surface area contributed by atoms with Gasteiger partial charge in [0, 0.05) is 0 Å². The fourth-order valence-corrected chi connectivity index (χ4v) is 1.63. The van der Waals surface area contributed by atoms with E-state index in [1.54, 1.807) is 24.3 Å². The molecule has 0 amide bonds. The average molecular weight is 244 g/mol. The Morgan fingerprint density at radius 2 is 1.94 bits per heavy atom. The Labute approximate surface area is 105 Å². The van der Waals surface area contributed by atoms with Crippen LogP contribution in [0.1, 0.15) is 17.1 Å². The van der Waals surface area contributed by atoms with Gasteiger partial charge < -0.3 is 9.73 Å². The SMILES string of the molecule is N#Cc1ccc(CNCCc2ccc(F)cc2)o1. The minimum Gasteiger partial charge on any atom is -0.449 e. The largest absolute Gasteiger partial charge is 0.449 e. The lowest BCUT2D eigenvalue weighted by Gasteiger charge is -2.03. The van der Waals surface area contributed by atoms with Crippen LogP contribution in [0.4, 0.5) is 4.39 Å². The van der Waals surface area contributed by atoms with Crippen molar-refractivity contribution >= 4 is 0 Å². The molecule has 0 bridgehead atoms. The molecule has 0 saturated carbocycles. The van der Waals surface area contributed by atoms with Crippen LogP contribution in [0.15, 0.2) is 40.8 Å². The molecule has 0 spiro atoms. The third-order valence-electron chi connectivity index (χ3n) is 2.57. The van der Waals surface area contributed by atoms with Gasteiger partial charge in [0.2, 0.25) is 5.76 Å². The number of nitrogens with zero attached hydrogens (tertiary/aromatic N) is 1. The summed E-state index contributed by atoms with van der Waals surface area (Å²) in [5.41, 5.74) is 1.08. The van der Waals surface area contributed by atoms with Crippen molar-refractivity contribution in [1.82, 2.24) is 5.32 Å². The molecule has 2 aromatic rings. The van der Waals surface area contributed by atoms with Gasteiger partial charge in [-0.3, -0.25) is 0 Å². The molecule has 0 atom stereocenters. The molecule has 92 valence electrons. The monoisotopic (exact) mass is 244 g/mol. The Morgan fingerprint density at radius 1 is 1.17 bits per heavy atom. The van der Waals surface area contributed by atoms with E-state index in [2.05, 4.69) is 5.32 Å². The van der Waals surface area contributed by atoms with E-state index < -0.39 is 0 Å². The van der Waals surface area contributed by atoms with Crippen molar-refractivity contribution in [1.29, 1.82) is 5.26 Å². The summed E-state index contributed by atoms with van der Waals surface area (Å²) in [6.07, 6.45) is 0.825. The van der Waals surface area contributed by atoms with E-state index in [1.807, 2.05) is 6.07 Å². The molecule has 0 radical (unpaired) electrons. The van der Waals surface area contributed by atoms with E-state index in [0.717, 1.165) is 24.3 Å². The Bertz CT molecular complexity index is 540. The third-order valence-corrected chi connectivity index (χ3v) is 2.57. The van der Waals surface area contributed by atoms with Gasteiger partial charge in [-0.1, -0.05) is 12.1 Å². The van der Waals surface area contributed by atoms with Gasteiger partial charge in [0.25, 0.3) is 0 Å². The smallest absolute Gasteiger partial charge is 0.203 e. The molecule has 4 heteroatoms. The first kappa shape index (κ1) is 12.3. The van der Waals surface area contributed by atoms with Gasteiger partial charge in [0.1, 0.15) is 17.6 Å². The van der Waals surface area contributed by atoms with Crippen molar-refractivity contribution in [3.05, 3.63) is 59.3 Å². The van der Waals surface area contributed by atoms with E-state index in [1.165, 1.54) is 12.1 Å². The summed E-state index contributed by atoms with van der Waals surface area (Å²) in [6.45, 7) is 1.36. The quantitative estimate of drug-likeness (QED) is 0.822. The Hall–Kier alpha value is -2.12. The lowest BCUT2D eigenvalue weighted by molar-refractivity contribution is 0.475. The van der Waals surface area contributed by atoms with Gasteiger partial charge in [-0.25, -0.2) is 4.39 Å². The average Bonchev–Trinajstić information content (AvgIpc) is 2.85. The molecule has 0 fully saturated rings. The van der Waals surface area contributed by atoms with Gasteiger partial charge in [-0.05, 0) is 42.8 Å². The molecular weight excluding hydrogens is 231 g/mol. The molecule has 1 heterocycles. The lowest BCUT2D eigenvalue weighted by atomic mass is 10.1. The Balaban J connectivity index is 1.73. The predicted molar refractivity (Wildman–Crippen MR) is 65.2 cm³/mol. The molecule has 0 aliphatic heterocycles. The van der Waals surface area contributed by atoms with Crippen LogP contribution in [-0.2, 0) is 13.0 Å². The molecule has 1 aromatic carbocycles. The molecule has 0 saturated heterocycles. The summed E-state index contributed by atoms with van der Waals surface area (Å²) in [7, 11) is 0. The van der Waals surface area contributed by atoms with E-state index in [4.69, 9.17) is 9.68 Å². The summed E-state index contributed by atoms with van der Waals surface area (Å²) in [5, 5.41) is 11.8. The van der Waals surface area contributed by atoms with Crippen molar-refractivity contribution in [2.45, 2.75) is 13.0 Å². The lowest BCUT2D eigenvalue weighted by Crippen LogP contribution is -2.16. The Morgan fingerprint density at radius 3 is 2.61 bits per heavy atom. The zero-order valence-electron chi connectivity index (χ0n) is 9.82. The molecule has 0 unspecified atom stereocenters. The minimum atomic E-state index is -0.216. The van der Waals surface area contributed by atoms with Crippen molar-refractivity contribution in [2.75, 3.05) is 6.54 Å². The molecule has 0 aliphatic rings. The summed E-state index contributed by atoms with van der Waals surface area (Å²) < 4.78 is 17.9. The highest BCUT2D eigenvalue weighted by Crippen LogP contribution is 2.06. The van der Waals surface area contributed by atoms with E-state index >= 15 is 0 Å². The second-order valence-corrected chi connectivity index (χ2v) is 3.93. The first-order valence-corrected chi connectivity index (χ1v) is 5.72. The zero-order valence-corrected chi connectivity index (χ0v) is 9.82. The fraction of sp³-hybridized carbons (Fsp3) is 0.214. The van der Waals surface area contributed by atoms with Crippen LogP contribution in [-0.4, -0.2) is 6.54 Å². The van der Waals surface area contributed by atoms with Crippen molar-refractivity contribution in [2.24, 2.45) is 0 Å². The first-order valence-electron chi connectivity index (χ1n) is 5.72. The van der Waals surface area contributed by atoms with Crippen molar-refractivity contribution in [3.8, 4) is 6.07 Å². The van der Waals surface area contributed by atoms with Crippen LogP contribution in [0, 0.1) is 17.1 Å². The molecule has 18 heavy (non-hydrogen) atoms. The van der Waals surface area contributed by atoms with E-state index in [9.17, 15) is 4.39 Å². The molecule has 2 rings (SSSR count). The maximum Gasteiger partial charge on any atom is 0.203 e. The maximum atomic E-state index is 12.7. The molecule has 1 aromatic heterocycles. The highest BCUT2D eigenvalue weighted by Gasteiger charge is 2.00. The summed E-state index contributed by atoms with van der Waals surface area (Å²) >= 11 is 0. The topological polar surface area (TPSA) is 49.0 Å². The number of benzene rings is 1. The molecule has 0 aliphatic carbocycles. The number of halogens is 1. The van der Waals surface area contributed by atoms with Gasteiger partial charge >= 0.3 is 0 Å². The Kier molecular flexibility index (Phi) is 4.11. The number of nitrogens with one attached hydrogen (secondary N) is 1. The van der Waals surface area contributed by atoms with Crippen LogP contribution >= 0.6 is 0 Å². The highest BCUT2D eigenvalue weighted by molar-refractivity contribution is 5.19. The second-order valence-electron chi connectivity index (χ2n) is 3.93. The molecule has 3 nitrogen and oxygen atoms in total. The number of rotatable bonds is 5. The fourth-order valence-electron chi connectivity index (χ4n) is 1.63. The van der Waals surface area contributed by atoms with Crippen molar-refractivity contribution < 1.29 is 8.81 Å².